The first kappa shape index (κ1) is 27.0. The molecule has 0 saturated carbocycles. The number of nitrogens with one attached hydrogen (secondary N) is 4. The van der Waals surface area contributed by atoms with Crippen LogP contribution in [0.25, 0.3) is 16.9 Å². The number of aromatic nitrogens is 5. The van der Waals surface area contributed by atoms with Crippen molar-refractivity contribution >= 4 is 29.1 Å². The molecule has 4 N–H and O–H groups in total. The Morgan fingerprint density at radius 3 is 2.60 bits per heavy atom. The lowest BCUT2D eigenvalue weighted by molar-refractivity contribution is -0.140. The van der Waals surface area contributed by atoms with Gasteiger partial charge in [-0.2, -0.15) is 18.3 Å². The van der Waals surface area contributed by atoms with E-state index < -0.39 is 11.9 Å². The van der Waals surface area contributed by atoms with Crippen LogP contribution in [0.15, 0.2) is 43.0 Å². The van der Waals surface area contributed by atoms with Crippen LogP contribution in [0.2, 0.25) is 0 Å². The van der Waals surface area contributed by atoms with Gasteiger partial charge in [0.05, 0.1) is 23.7 Å². The predicted octanol–water partition coefficient (Wildman–Crippen LogP) is 3.98. The molecule has 4 aromatic rings. The Kier molecular flexibility index (Phi) is 7.58. The summed E-state index contributed by atoms with van der Waals surface area (Å²) in [4.78, 5) is 35.3. The van der Waals surface area contributed by atoms with E-state index in [-0.39, 0.29) is 23.2 Å². The van der Waals surface area contributed by atoms with E-state index in [0.29, 0.717) is 42.2 Å². The maximum absolute atomic E-state index is 13.4. The van der Waals surface area contributed by atoms with Gasteiger partial charge in [-0.05, 0) is 43.0 Å². The van der Waals surface area contributed by atoms with Crippen LogP contribution < -0.4 is 16.0 Å². The van der Waals surface area contributed by atoms with Crippen molar-refractivity contribution in [2.24, 2.45) is 0 Å². The lowest BCUT2D eigenvalue weighted by Gasteiger charge is -2.16. The standard InChI is InChI=1S/C26H28F3N9O2/c1-2-16-13-17(5-6-18(16)24(39)31-7-8-32-25(40)37-10-3-4-11-37)35-22-23-33-15-20(38(23)12-9-30-22)19-14-34-36-21(19)26(27,28)29/h5-6,9,12-15H,2-4,7-8,10-11H2,1H3,(H,30,35)(H,31,39)(H,32,40)(H,34,36). The summed E-state index contributed by atoms with van der Waals surface area (Å²) in [6.45, 7) is 4.06. The van der Waals surface area contributed by atoms with E-state index in [1.54, 1.807) is 17.0 Å². The zero-order chi connectivity index (χ0) is 28.3. The third-order valence-corrected chi connectivity index (χ3v) is 6.70. The number of nitrogens with zero attached hydrogens (tertiary/aromatic N) is 5. The van der Waals surface area contributed by atoms with Gasteiger partial charge in [0, 0.05) is 49.8 Å². The normalized spacial score (nSPS) is 13.6. The summed E-state index contributed by atoms with van der Waals surface area (Å²) < 4.78 is 41.7. The second-order valence-corrected chi connectivity index (χ2v) is 9.30. The van der Waals surface area contributed by atoms with Gasteiger partial charge in [-0.1, -0.05) is 6.92 Å². The number of hydrogen-bond donors (Lipinski definition) is 4. The van der Waals surface area contributed by atoms with Gasteiger partial charge < -0.3 is 20.9 Å². The number of aryl methyl sites for hydroxylation is 1. The third-order valence-electron chi connectivity index (χ3n) is 6.70. The van der Waals surface area contributed by atoms with Crippen LogP contribution in [-0.4, -0.2) is 67.6 Å². The van der Waals surface area contributed by atoms with Gasteiger partial charge in [-0.15, -0.1) is 0 Å². The lowest BCUT2D eigenvalue weighted by Crippen LogP contribution is -2.41. The monoisotopic (exact) mass is 555 g/mol. The molecule has 0 bridgehead atoms. The Morgan fingerprint density at radius 1 is 1.07 bits per heavy atom. The highest BCUT2D eigenvalue weighted by molar-refractivity contribution is 5.96. The Labute approximate surface area is 227 Å². The fourth-order valence-electron chi connectivity index (χ4n) is 4.70. The van der Waals surface area contributed by atoms with E-state index in [0.717, 1.165) is 37.7 Å². The second kappa shape index (κ2) is 11.2. The van der Waals surface area contributed by atoms with Gasteiger partial charge in [-0.25, -0.2) is 14.8 Å². The van der Waals surface area contributed by atoms with Crippen molar-refractivity contribution in [1.82, 2.24) is 40.1 Å². The molecule has 4 heterocycles. The van der Waals surface area contributed by atoms with E-state index in [1.165, 1.54) is 23.0 Å². The number of H-pyrrole nitrogens is 1. The summed E-state index contributed by atoms with van der Waals surface area (Å²) in [5.41, 5.74) is 1.37. The summed E-state index contributed by atoms with van der Waals surface area (Å²) in [5.74, 6) is 0.0799. The fraction of sp³-hybridized carbons (Fsp3) is 0.346. The van der Waals surface area contributed by atoms with Crippen LogP contribution in [0.1, 0.15) is 41.4 Å². The number of hydrogen-bond acceptors (Lipinski definition) is 6. The molecule has 14 heteroatoms. The van der Waals surface area contributed by atoms with Crippen molar-refractivity contribution in [2.75, 3.05) is 31.5 Å². The van der Waals surface area contributed by atoms with Gasteiger partial charge in [0.2, 0.25) is 0 Å². The van der Waals surface area contributed by atoms with Crippen LogP contribution in [0.3, 0.4) is 0 Å². The molecule has 3 amide bonds. The van der Waals surface area contributed by atoms with E-state index in [9.17, 15) is 22.8 Å². The Hall–Kier alpha value is -4.62. The molecule has 210 valence electrons. The highest BCUT2D eigenvalue weighted by Crippen LogP contribution is 2.36. The smallest absolute Gasteiger partial charge is 0.350 e. The highest BCUT2D eigenvalue weighted by atomic mass is 19.4. The van der Waals surface area contributed by atoms with Crippen molar-refractivity contribution in [3.63, 3.8) is 0 Å². The van der Waals surface area contributed by atoms with Gasteiger partial charge in [0.25, 0.3) is 5.91 Å². The summed E-state index contributed by atoms with van der Waals surface area (Å²) >= 11 is 0. The Balaban J connectivity index is 1.28. The van der Waals surface area contributed by atoms with Crippen molar-refractivity contribution in [3.05, 3.63) is 59.8 Å². The molecule has 1 aliphatic heterocycles. The molecule has 11 nitrogen and oxygen atoms in total. The van der Waals surface area contributed by atoms with Crippen LogP contribution >= 0.6 is 0 Å². The van der Waals surface area contributed by atoms with Gasteiger partial charge in [0.15, 0.2) is 11.5 Å². The van der Waals surface area contributed by atoms with E-state index in [4.69, 9.17) is 0 Å². The molecule has 0 atom stereocenters. The number of likely N-dealkylation sites (tertiary alicyclic amines) is 1. The summed E-state index contributed by atoms with van der Waals surface area (Å²) in [5, 5.41) is 14.4. The first-order valence-corrected chi connectivity index (χ1v) is 12.9. The second-order valence-electron chi connectivity index (χ2n) is 9.30. The quantitative estimate of drug-likeness (QED) is 0.243. The average Bonchev–Trinajstić information content (AvgIpc) is 3.71. The SMILES string of the molecule is CCc1cc(Nc2nccn3c(-c4cn[nH]c4C(F)(F)F)cnc23)ccc1C(=O)NCCNC(=O)N1CCCC1. The number of amides is 3. The number of benzene rings is 1. The molecular formula is C26H28F3N9O2. The summed E-state index contributed by atoms with van der Waals surface area (Å²) in [6.07, 6.45) is 3.42. The first-order valence-electron chi connectivity index (χ1n) is 12.9. The number of imidazole rings is 1. The van der Waals surface area contributed by atoms with Crippen LogP contribution in [0, 0.1) is 0 Å². The molecule has 5 rings (SSSR count). The molecule has 1 saturated heterocycles. The fourth-order valence-corrected chi connectivity index (χ4v) is 4.70. The molecule has 0 aliphatic carbocycles. The number of alkyl halides is 3. The topological polar surface area (TPSA) is 132 Å². The Morgan fingerprint density at radius 2 is 1.85 bits per heavy atom. The lowest BCUT2D eigenvalue weighted by atomic mass is 10.0. The van der Waals surface area contributed by atoms with Crippen molar-refractivity contribution in [2.45, 2.75) is 32.4 Å². The minimum atomic E-state index is -4.60. The van der Waals surface area contributed by atoms with Crippen LogP contribution in [0.5, 0.6) is 0 Å². The number of carbonyl (C=O) groups is 2. The average molecular weight is 556 g/mol. The van der Waals surface area contributed by atoms with Crippen molar-refractivity contribution in [1.29, 1.82) is 0 Å². The molecule has 3 aromatic heterocycles. The summed E-state index contributed by atoms with van der Waals surface area (Å²) in [6, 6.07) is 5.11. The molecule has 0 unspecified atom stereocenters. The Bertz CT molecular complexity index is 1520. The van der Waals surface area contributed by atoms with Crippen LogP contribution in [0.4, 0.5) is 29.5 Å². The van der Waals surface area contributed by atoms with Gasteiger partial charge in [-0.3, -0.25) is 14.3 Å². The number of anilines is 2. The summed E-state index contributed by atoms with van der Waals surface area (Å²) in [7, 11) is 0. The third kappa shape index (κ3) is 5.55. The minimum absolute atomic E-state index is 0.116. The molecule has 0 spiro atoms. The maximum atomic E-state index is 13.4. The van der Waals surface area contributed by atoms with Crippen molar-refractivity contribution in [3.8, 4) is 11.3 Å². The number of carbonyl (C=O) groups excluding carboxylic acids is 2. The molecule has 1 fully saturated rings. The van der Waals surface area contributed by atoms with E-state index in [1.807, 2.05) is 18.1 Å². The predicted molar refractivity (Wildman–Crippen MR) is 141 cm³/mol. The minimum Gasteiger partial charge on any atom is -0.350 e. The largest absolute Gasteiger partial charge is 0.433 e. The molecule has 1 aliphatic rings. The van der Waals surface area contributed by atoms with Gasteiger partial charge in [0.1, 0.15) is 5.69 Å². The van der Waals surface area contributed by atoms with Crippen LogP contribution in [-0.2, 0) is 12.6 Å². The first-order chi connectivity index (χ1) is 19.3. The number of fused-ring (bicyclic) bond motifs is 1. The number of aromatic amines is 1. The highest BCUT2D eigenvalue weighted by Gasteiger charge is 2.36. The zero-order valence-corrected chi connectivity index (χ0v) is 21.7. The molecule has 1 aromatic carbocycles. The number of urea groups is 1. The number of rotatable bonds is 8. The van der Waals surface area contributed by atoms with E-state index in [2.05, 4.69) is 31.0 Å². The molecular weight excluding hydrogens is 527 g/mol. The molecule has 40 heavy (non-hydrogen) atoms. The zero-order valence-electron chi connectivity index (χ0n) is 21.7. The van der Waals surface area contributed by atoms with Crippen molar-refractivity contribution < 1.29 is 22.8 Å². The van der Waals surface area contributed by atoms with Gasteiger partial charge >= 0.3 is 12.2 Å². The molecule has 0 radical (unpaired) electrons. The maximum Gasteiger partial charge on any atom is 0.433 e. The van der Waals surface area contributed by atoms with E-state index >= 15 is 0 Å². The number of halogens is 3.